The summed E-state index contributed by atoms with van der Waals surface area (Å²) in [5.74, 6) is -5.11. The van der Waals surface area contributed by atoms with Crippen LogP contribution in [0, 0.1) is 17.8 Å². The topological polar surface area (TPSA) is 104 Å². The highest BCUT2D eigenvalue weighted by molar-refractivity contribution is 9.10. The van der Waals surface area contributed by atoms with Crippen molar-refractivity contribution in [3.05, 3.63) is 62.6 Å². The molecule has 2 aromatic rings. The molecule has 0 aromatic heterocycles. The summed E-state index contributed by atoms with van der Waals surface area (Å²) >= 11 is 21.1. The van der Waals surface area contributed by atoms with Crippen LogP contribution in [0.3, 0.4) is 0 Å². The van der Waals surface area contributed by atoms with E-state index in [9.17, 15) is 24.3 Å². The summed E-state index contributed by atoms with van der Waals surface area (Å²) in [6.07, 6.45) is 2.01. The first-order valence-corrected chi connectivity index (χ1v) is 14.8. The number of alkyl halides is 2. The lowest BCUT2D eigenvalue weighted by atomic mass is 9.56. The van der Waals surface area contributed by atoms with Crippen molar-refractivity contribution in [1.29, 1.82) is 0 Å². The Hall–Kier alpha value is -2.40. The average Bonchev–Trinajstić information content (AvgIpc) is 3.25. The quantitative estimate of drug-likeness (QED) is 0.269. The number of phenols is 1. The summed E-state index contributed by atoms with van der Waals surface area (Å²) in [7, 11) is 2.72. The molecular formula is C28H22Br2Cl2N2O6. The van der Waals surface area contributed by atoms with Gasteiger partial charge < -0.3 is 9.84 Å². The van der Waals surface area contributed by atoms with Crippen molar-refractivity contribution < 1.29 is 29.0 Å². The third-order valence-electron chi connectivity index (χ3n) is 8.70. The summed E-state index contributed by atoms with van der Waals surface area (Å²) in [6, 6.07) is 10.0. The van der Waals surface area contributed by atoms with E-state index in [0.29, 0.717) is 16.8 Å². The minimum absolute atomic E-state index is 0.0972. The molecule has 4 amide bonds. The molecule has 40 heavy (non-hydrogen) atoms. The normalized spacial score (nSPS) is 33.1. The third kappa shape index (κ3) is 3.48. The number of likely N-dealkylation sites (tertiary alicyclic amines) is 1. The molecule has 2 aliphatic carbocycles. The number of ether oxygens (including phenoxy) is 1. The Morgan fingerprint density at radius 3 is 2.33 bits per heavy atom. The number of benzene rings is 2. The lowest BCUT2D eigenvalue weighted by Gasteiger charge is -2.50. The number of nitrogens with zero attached hydrogens (tertiary/aromatic N) is 2. The fourth-order valence-electron chi connectivity index (χ4n) is 6.88. The number of carbonyl (C=O) groups is 4. The van der Waals surface area contributed by atoms with E-state index in [1.807, 2.05) is 6.08 Å². The van der Waals surface area contributed by atoms with Crippen molar-refractivity contribution in [2.45, 2.75) is 28.5 Å². The summed E-state index contributed by atoms with van der Waals surface area (Å²) < 4.78 is 6.45. The van der Waals surface area contributed by atoms with Crippen LogP contribution in [-0.4, -0.2) is 57.5 Å². The van der Waals surface area contributed by atoms with Crippen LogP contribution in [0.25, 0.3) is 0 Å². The van der Waals surface area contributed by atoms with Crippen molar-refractivity contribution in [1.82, 2.24) is 4.90 Å². The number of aromatic hydroxyl groups is 1. The molecule has 6 atom stereocenters. The maximum atomic E-state index is 14.0. The Kier molecular flexibility index (Phi) is 6.46. The van der Waals surface area contributed by atoms with Gasteiger partial charge in [0.05, 0.1) is 29.1 Å². The fraction of sp³-hybridized carbons (Fsp3) is 0.357. The van der Waals surface area contributed by atoms with Crippen LogP contribution in [0.2, 0.25) is 0 Å². The zero-order valence-electron chi connectivity index (χ0n) is 21.2. The van der Waals surface area contributed by atoms with Gasteiger partial charge in [0.25, 0.3) is 11.8 Å². The van der Waals surface area contributed by atoms with Crippen LogP contribution >= 0.6 is 55.1 Å². The Bertz CT molecular complexity index is 1550. The zero-order chi connectivity index (χ0) is 28.9. The smallest absolute Gasteiger partial charge is 0.253 e. The number of anilines is 1. The van der Waals surface area contributed by atoms with Gasteiger partial charge in [-0.1, -0.05) is 27.6 Å². The average molecular weight is 713 g/mol. The number of rotatable bonds is 3. The number of carbonyl (C=O) groups excluding carboxylic acids is 4. The van der Waals surface area contributed by atoms with E-state index in [0.717, 1.165) is 9.37 Å². The van der Waals surface area contributed by atoms with Crippen LogP contribution < -0.4 is 9.64 Å². The van der Waals surface area contributed by atoms with Crippen LogP contribution in [0.1, 0.15) is 24.3 Å². The van der Waals surface area contributed by atoms with Gasteiger partial charge in [-0.2, -0.15) is 0 Å². The number of imide groups is 2. The van der Waals surface area contributed by atoms with Crippen molar-refractivity contribution >= 4 is 84.4 Å². The molecule has 208 valence electrons. The van der Waals surface area contributed by atoms with Gasteiger partial charge in [0.15, 0.2) is 21.2 Å². The molecule has 0 bridgehead atoms. The van der Waals surface area contributed by atoms with E-state index in [2.05, 4.69) is 31.9 Å². The van der Waals surface area contributed by atoms with E-state index < -0.39 is 45.2 Å². The zero-order valence-corrected chi connectivity index (χ0v) is 25.8. The summed E-state index contributed by atoms with van der Waals surface area (Å²) in [5, 5.41) is 10.5. The van der Waals surface area contributed by atoms with Crippen molar-refractivity contribution in [3.8, 4) is 11.5 Å². The number of hydrogen-bond acceptors (Lipinski definition) is 6. The second-order valence-electron chi connectivity index (χ2n) is 10.5. The molecule has 6 unspecified atom stereocenters. The van der Waals surface area contributed by atoms with Crippen molar-refractivity contribution in [3.63, 3.8) is 0 Å². The highest BCUT2D eigenvalue weighted by Gasteiger charge is 2.76. The number of fused-ring (bicyclic) bond motifs is 4. The maximum Gasteiger partial charge on any atom is 0.253 e. The Balaban J connectivity index is 1.53. The number of methoxy groups -OCH3 is 1. The van der Waals surface area contributed by atoms with E-state index in [-0.39, 0.29) is 40.6 Å². The number of amides is 4. The predicted molar refractivity (Wildman–Crippen MR) is 154 cm³/mol. The molecular weight excluding hydrogens is 691 g/mol. The van der Waals surface area contributed by atoms with E-state index in [1.54, 1.807) is 36.4 Å². The Morgan fingerprint density at radius 2 is 1.68 bits per heavy atom. The molecule has 2 aromatic carbocycles. The fourth-order valence-corrected chi connectivity index (χ4v) is 8.62. The van der Waals surface area contributed by atoms with Crippen LogP contribution in [0.4, 0.5) is 5.69 Å². The van der Waals surface area contributed by atoms with Gasteiger partial charge in [0.2, 0.25) is 11.8 Å². The number of halogens is 4. The third-order valence-corrected chi connectivity index (χ3v) is 11.2. The number of hydrogen-bond donors (Lipinski definition) is 1. The molecule has 2 saturated heterocycles. The van der Waals surface area contributed by atoms with E-state index >= 15 is 0 Å². The second kappa shape index (κ2) is 9.31. The summed E-state index contributed by atoms with van der Waals surface area (Å²) in [4.78, 5) is 53.1. The lowest BCUT2D eigenvalue weighted by Crippen LogP contribution is -2.60. The van der Waals surface area contributed by atoms with Gasteiger partial charge in [-0.05, 0) is 76.7 Å². The molecule has 0 spiro atoms. The first-order valence-electron chi connectivity index (χ1n) is 12.5. The van der Waals surface area contributed by atoms with Crippen LogP contribution in [-0.2, 0) is 19.2 Å². The van der Waals surface area contributed by atoms with Gasteiger partial charge in [-0.25, -0.2) is 0 Å². The molecule has 12 heteroatoms. The van der Waals surface area contributed by atoms with E-state index in [4.69, 9.17) is 27.9 Å². The van der Waals surface area contributed by atoms with Crippen molar-refractivity contribution in [2.24, 2.45) is 17.8 Å². The minimum atomic E-state index is -1.92. The molecule has 0 radical (unpaired) electrons. The van der Waals surface area contributed by atoms with E-state index in [1.165, 1.54) is 19.1 Å². The standard InChI is InChI=1S/C28H22Br2Cl2N2O6/c1-33-25(38)27(31)11-17-15(21(28(27,32)26(33)39)12-9-18(30)22(35)19(10-12)40-2)7-8-16-20(17)24(37)34(23(16)36)14-5-3-13(29)4-6-14/h3-7,9-10,16-17,20-21,35H,8,11H2,1-2H3. The largest absolute Gasteiger partial charge is 0.503 e. The monoisotopic (exact) mass is 710 g/mol. The molecule has 2 heterocycles. The molecule has 1 N–H and O–H groups in total. The Labute approximate surface area is 256 Å². The molecule has 8 nitrogen and oxygen atoms in total. The SMILES string of the molecule is COc1cc(C2C3=CCC4C(=O)N(c5ccc(Br)cc5)C(=O)C4C3CC3(Cl)C(=O)N(C)C(=O)C23Cl)cc(Br)c1O. The van der Waals surface area contributed by atoms with Crippen molar-refractivity contribution in [2.75, 3.05) is 19.1 Å². The molecule has 6 rings (SSSR count). The van der Waals surface area contributed by atoms with Gasteiger partial charge in [0, 0.05) is 17.4 Å². The molecule has 3 fully saturated rings. The predicted octanol–water partition coefficient (Wildman–Crippen LogP) is 5.12. The minimum Gasteiger partial charge on any atom is -0.503 e. The number of allylic oxidation sites excluding steroid dienone is 2. The maximum absolute atomic E-state index is 14.0. The summed E-state index contributed by atoms with van der Waals surface area (Å²) in [6.45, 7) is 0. The second-order valence-corrected chi connectivity index (χ2v) is 13.6. The lowest BCUT2D eigenvalue weighted by molar-refractivity contribution is -0.138. The van der Waals surface area contributed by atoms with Gasteiger partial charge in [-0.3, -0.25) is 29.0 Å². The van der Waals surface area contributed by atoms with Crippen LogP contribution in [0.15, 0.2) is 57.0 Å². The molecule has 2 aliphatic heterocycles. The highest BCUT2D eigenvalue weighted by Crippen LogP contribution is 2.65. The summed E-state index contributed by atoms with van der Waals surface area (Å²) in [5.41, 5.74) is 1.57. The van der Waals surface area contributed by atoms with Gasteiger partial charge in [-0.15, -0.1) is 23.2 Å². The first-order chi connectivity index (χ1) is 18.9. The van der Waals surface area contributed by atoms with Gasteiger partial charge in [0.1, 0.15) is 0 Å². The van der Waals surface area contributed by atoms with Gasteiger partial charge >= 0.3 is 0 Å². The molecule has 1 saturated carbocycles. The molecule has 4 aliphatic rings. The highest BCUT2D eigenvalue weighted by atomic mass is 79.9. The van der Waals surface area contributed by atoms with Crippen LogP contribution in [0.5, 0.6) is 11.5 Å². The number of phenolic OH excluding ortho intramolecular Hbond substituents is 1. The Morgan fingerprint density at radius 1 is 1.00 bits per heavy atom. The first kappa shape index (κ1) is 27.8.